The number of benzene rings is 1. The molecule has 0 saturated carbocycles. The van der Waals surface area contributed by atoms with E-state index in [1.807, 2.05) is 0 Å². The summed E-state index contributed by atoms with van der Waals surface area (Å²) in [6.07, 6.45) is 1.47. The SMILES string of the molecule is O=C(CN1CCSC1=O)Nc1ccc(S(=O)(=O)NCc2ccco2)cc1. The maximum absolute atomic E-state index is 12.2. The summed E-state index contributed by atoms with van der Waals surface area (Å²) in [4.78, 5) is 25.0. The zero-order valence-corrected chi connectivity index (χ0v) is 15.3. The van der Waals surface area contributed by atoms with Gasteiger partial charge in [0, 0.05) is 18.0 Å². The summed E-state index contributed by atoms with van der Waals surface area (Å²) in [7, 11) is -3.69. The number of nitrogens with zero attached hydrogens (tertiary/aromatic N) is 1. The molecule has 8 nitrogen and oxygen atoms in total. The first-order valence-corrected chi connectivity index (χ1v) is 10.2. The molecule has 10 heteroatoms. The van der Waals surface area contributed by atoms with Gasteiger partial charge >= 0.3 is 0 Å². The Kier molecular flexibility index (Phi) is 5.64. The zero-order valence-electron chi connectivity index (χ0n) is 13.7. The standard InChI is InChI=1S/C16H17N3O5S2/c20-15(11-19-7-9-25-16(19)21)18-12-3-5-14(6-4-12)26(22,23)17-10-13-2-1-8-24-13/h1-6,8,17H,7,9-11H2,(H,18,20). The molecule has 0 aliphatic carbocycles. The van der Waals surface area contributed by atoms with Crippen LogP contribution in [0.4, 0.5) is 10.5 Å². The number of sulfonamides is 1. The number of nitrogens with one attached hydrogen (secondary N) is 2. The molecule has 2 heterocycles. The highest BCUT2D eigenvalue weighted by atomic mass is 32.2. The predicted molar refractivity (Wildman–Crippen MR) is 97.2 cm³/mol. The molecule has 0 radical (unpaired) electrons. The second-order valence-corrected chi connectivity index (χ2v) is 8.33. The van der Waals surface area contributed by atoms with Crippen LogP contribution in [-0.4, -0.2) is 43.3 Å². The summed E-state index contributed by atoms with van der Waals surface area (Å²) < 4.78 is 32.0. The predicted octanol–water partition coefficient (Wildman–Crippen LogP) is 1.87. The van der Waals surface area contributed by atoms with Crippen LogP contribution in [0, 0.1) is 0 Å². The first-order chi connectivity index (χ1) is 12.4. The number of hydrogen-bond acceptors (Lipinski definition) is 6. The Morgan fingerprint density at radius 3 is 2.62 bits per heavy atom. The normalized spacial score (nSPS) is 14.6. The highest BCUT2D eigenvalue weighted by molar-refractivity contribution is 8.13. The van der Waals surface area contributed by atoms with Crippen LogP contribution < -0.4 is 10.0 Å². The van der Waals surface area contributed by atoms with Crippen molar-refractivity contribution >= 4 is 38.6 Å². The van der Waals surface area contributed by atoms with E-state index in [9.17, 15) is 18.0 Å². The Morgan fingerprint density at radius 2 is 2.00 bits per heavy atom. The van der Waals surface area contributed by atoms with Gasteiger partial charge in [0.15, 0.2) is 0 Å². The summed E-state index contributed by atoms with van der Waals surface area (Å²) >= 11 is 1.19. The molecule has 138 valence electrons. The Morgan fingerprint density at radius 1 is 1.23 bits per heavy atom. The molecule has 1 saturated heterocycles. The van der Waals surface area contributed by atoms with E-state index in [4.69, 9.17) is 4.42 Å². The molecule has 1 aliphatic heterocycles. The smallest absolute Gasteiger partial charge is 0.282 e. The summed E-state index contributed by atoms with van der Waals surface area (Å²) in [6, 6.07) is 9.15. The van der Waals surface area contributed by atoms with Crippen molar-refractivity contribution in [1.82, 2.24) is 9.62 Å². The average molecular weight is 395 g/mol. The number of hydrogen-bond donors (Lipinski definition) is 2. The number of thioether (sulfide) groups is 1. The van der Waals surface area contributed by atoms with Crippen molar-refractivity contribution in [3.8, 4) is 0 Å². The van der Waals surface area contributed by atoms with Crippen molar-refractivity contribution in [1.29, 1.82) is 0 Å². The molecular formula is C16H17N3O5S2. The van der Waals surface area contributed by atoms with E-state index in [0.717, 1.165) is 0 Å². The third kappa shape index (κ3) is 4.65. The summed E-state index contributed by atoms with van der Waals surface area (Å²) in [5.74, 6) is 0.864. The van der Waals surface area contributed by atoms with Gasteiger partial charge in [0.25, 0.3) is 5.24 Å². The number of furan rings is 1. The van der Waals surface area contributed by atoms with E-state index < -0.39 is 10.0 Å². The molecule has 0 spiro atoms. The third-order valence-corrected chi connectivity index (χ3v) is 5.95. The van der Waals surface area contributed by atoms with Crippen molar-refractivity contribution in [3.05, 3.63) is 48.4 Å². The van der Waals surface area contributed by atoms with Gasteiger partial charge < -0.3 is 14.6 Å². The molecule has 1 aliphatic rings. The minimum atomic E-state index is -3.69. The van der Waals surface area contributed by atoms with Gasteiger partial charge in [-0.2, -0.15) is 0 Å². The van der Waals surface area contributed by atoms with Crippen LogP contribution in [0.2, 0.25) is 0 Å². The lowest BCUT2D eigenvalue weighted by molar-refractivity contribution is -0.116. The summed E-state index contributed by atoms with van der Waals surface area (Å²) in [5, 5.41) is 2.54. The van der Waals surface area contributed by atoms with Gasteiger partial charge in [-0.05, 0) is 36.4 Å². The fourth-order valence-corrected chi connectivity index (χ4v) is 4.14. The Labute approximate surface area is 155 Å². The Hall–Kier alpha value is -2.30. The van der Waals surface area contributed by atoms with Gasteiger partial charge in [0.05, 0.1) is 17.7 Å². The molecule has 3 rings (SSSR count). The minimum absolute atomic E-state index is 0.0173. The molecule has 2 amide bonds. The Balaban J connectivity index is 1.57. The second kappa shape index (κ2) is 7.94. The highest BCUT2D eigenvalue weighted by Crippen LogP contribution is 2.18. The molecule has 2 aromatic rings. The van der Waals surface area contributed by atoms with Crippen LogP contribution in [0.1, 0.15) is 5.76 Å². The van der Waals surface area contributed by atoms with Crippen LogP contribution in [-0.2, 0) is 21.4 Å². The third-order valence-electron chi connectivity index (χ3n) is 3.64. The van der Waals surface area contributed by atoms with Crippen LogP contribution in [0.5, 0.6) is 0 Å². The van der Waals surface area contributed by atoms with Crippen LogP contribution in [0.15, 0.2) is 52.0 Å². The minimum Gasteiger partial charge on any atom is -0.468 e. The first-order valence-electron chi connectivity index (χ1n) is 7.78. The topological polar surface area (TPSA) is 109 Å². The molecular weight excluding hydrogens is 378 g/mol. The lowest BCUT2D eigenvalue weighted by Gasteiger charge is -2.14. The maximum Gasteiger partial charge on any atom is 0.282 e. The summed E-state index contributed by atoms with van der Waals surface area (Å²) in [5.41, 5.74) is 0.458. The van der Waals surface area contributed by atoms with Gasteiger partial charge in [0.1, 0.15) is 12.3 Å². The lowest BCUT2D eigenvalue weighted by Crippen LogP contribution is -2.33. The number of anilines is 1. The van der Waals surface area contributed by atoms with Gasteiger partial charge in [-0.25, -0.2) is 13.1 Å². The monoisotopic (exact) mass is 395 g/mol. The van der Waals surface area contributed by atoms with E-state index in [2.05, 4.69) is 10.0 Å². The fraction of sp³-hybridized carbons (Fsp3) is 0.250. The molecule has 1 fully saturated rings. The first kappa shape index (κ1) is 18.5. The van der Waals surface area contributed by atoms with E-state index in [1.54, 1.807) is 12.1 Å². The molecule has 26 heavy (non-hydrogen) atoms. The van der Waals surface area contributed by atoms with Crippen LogP contribution in [0.3, 0.4) is 0 Å². The molecule has 1 aromatic carbocycles. The lowest BCUT2D eigenvalue weighted by atomic mass is 10.3. The highest BCUT2D eigenvalue weighted by Gasteiger charge is 2.23. The van der Waals surface area contributed by atoms with Crippen molar-refractivity contribution in [3.63, 3.8) is 0 Å². The van der Waals surface area contributed by atoms with Crippen LogP contribution in [0.25, 0.3) is 0 Å². The van der Waals surface area contributed by atoms with E-state index in [0.29, 0.717) is 23.7 Å². The average Bonchev–Trinajstić information content (AvgIpc) is 3.26. The van der Waals surface area contributed by atoms with Gasteiger partial charge in [-0.15, -0.1) is 0 Å². The number of carbonyl (C=O) groups excluding carboxylic acids is 2. The number of carbonyl (C=O) groups is 2. The number of rotatable bonds is 7. The van der Waals surface area contributed by atoms with E-state index in [-0.39, 0.29) is 29.1 Å². The van der Waals surface area contributed by atoms with Crippen molar-refractivity contribution in [2.75, 3.05) is 24.2 Å². The Bertz CT molecular complexity index is 879. The summed E-state index contributed by atoms with van der Waals surface area (Å²) in [6.45, 7) is 0.585. The quantitative estimate of drug-likeness (QED) is 0.741. The molecule has 0 bridgehead atoms. The van der Waals surface area contributed by atoms with Crippen LogP contribution >= 0.6 is 11.8 Å². The molecule has 0 atom stereocenters. The molecule has 1 aromatic heterocycles. The van der Waals surface area contributed by atoms with Crippen molar-refractivity contribution in [2.24, 2.45) is 0 Å². The molecule has 2 N–H and O–H groups in total. The number of amides is 2. The van der Waals surface area contributed by atoms with E-state index in [1.165, 1.54) is 47.2 Å². The largest absolute Gasteiger partial charge is 0.468 e. The fourth-order valence-electron chi connectivity index (χ4n) is 2.32. The van der Waals surface area contributed by atoms with Crippen molar-refractivity contribution in [2.45, 2.75) is 11.4 Å². The second-order valence-electron chi connectivity index (χ2n) is 5.51. The zero-order chi connectivity index (χ0) is 18.6. The van der Waals surface area contributed by atoms with Gasteiger partial charge in [0.2, 0.25) is 15.9 Å². The van der Waals surface area contributed by atoms with Crippen molar-refractivity contribution < 1.29 is 22.4 Å². The van der Waals surface area contributed by atoms with E-state index >= 15 is 0 Å². The van der Waals surface area contributed by atoms with Gasteiger partial charge in [-0.3, -0.25) is 9.59 Å². The maximum atomic E-state index is 12.2. The molecule has 0 unspecified atom stereocenters. The van der Waals surface area contributed by atoms with Gasteiger partial charge in [-0.1, -0.05) is 11.8 Å².